The first-order chi connectivity index (χ1) is 6.90. The highest BCUT2D eigenvalue weighted by Crippen LogP contribution is 2.21. The first-order valence-corrected chi connectivity index (χ1v) is 4.19. The molecule has 0 saturated carbocycles. The van der Waals surface area contributed by atoms with Crippen LogP contribution in [0.3, 0.4) is 0 Å². The highest BCUT2D eigenvalue weighted by Gasteiger charge is 2.31. The van der Waals surface area contributed by atoms with Gasteiger partial charge in [0.2, 0.25) is 11.8 Å². The molecule has 0 radical (unpaired) electrons. The summed E-state index contributed by atoms with van der Waals surface area (Å²) in [5.41, 5.74) is 0. The van der Waals surface area contributed by atoms with Gasteiger partial charge in [0.25, 0.3) is 0 Å². The summed E-state index contributed by atoms with van der Waals surface area (Å²) in [6.07, 6.45) is -5.77. The molecule has 0 aliphatic carbocycles. The van der Waals surface area contributed by atoms with Crippen molar-refractivity contribution >= 4 is 23.5 Å². The molecule has 1 aromatic heterocycles. The van der Waals surface area contributed by atoms with Crippen LogP contribution in [0.25, 0.3) is 0 Å². The standard InChI is InChI=1S/C6H5ClF3N3O2/c7-2-3(14)11-5-13-12-4(15-5)1-6(8,9)10/h1-2H2,(H,11,13,14). The van der Waals surface area contributed by atoms with Crippen LogP contribution >= 0.6 is 11.6 Å². The molecule has 0 aliphatic heterocycles. The second-order valence-corrected chi connectivity index (χ2v) is 2.74. The number of alkyl halides is 4. The van der Waals surface area contributed by atoms with E-state index in [9.17, 15) is 18.0 Å². The van der Waals surface area contributed by atoms with Crippen LogP contribution in [0.15, 0.2) is 4.42 Å². The lowest BCUT2D eigenvalue weighted by Crippen LogP contribution is -2.12. The second kappa shape index (κ2) is 4.47. The first-order valence-electron chi connectivity index (χ1n) is 3.65. The van der Waals surface area contributed by atoms with Gasteiger partial charge < -0.3 is 4.42 Å². The Kier molecular flexibility index (Phi) is 3.51. The van der Waals surface area contributed by atoms with E-state index < -0.39 is 30.4 Å². The van der Waals surface area contributed by atoms with Gasteiger partial charge in [-0.3, -0.25) is 10.1 Å². The van der Waals surface area contributed by atoms with Gasteiger partial charge in [0, 0.05) is 0 Å². The Hall–Kier alpha value is -1.31. The van der Waals surface area contributed by atoms with Crippen LogP contribution in [-0.2, 0) is 11.2 Å². The molecule has 0 unspecified atom stereocenters. The molecule has 0 spiro atoms. The summed E-state index contributed by atoms with van der Waals surface area (Å²) >= 11 is 5.13. The molecule has 0 aromatic carbocycles. The van der Waals surface area contributed by atoms with E-state index in [0.717, 1.165) is 0 Å². The van der Waals surface area contributed by atoms with Crippen LogP contribution < -0.4 is 5.32 Å². The Labute approximate surface area is 86.6 Å². The normalized spacial score (nSPS) is 11.5. The fourth-order valence-electron chi connectivity index (χ4n) is 0.700. The molecule has 0 bridgehead atoms. The largest absolute Gasteiger partial charge is 0.407 e. The number of anilines is 1. The monoisotopic (exact) mass is 243 g/mol. The predicted molar refractivity (Wildman–Crippen MR) is 43.4 cm³/mol. The SMILES string of the molecule is O=C(CCl)Nc1nnc(CC(F)(F)F)o1. The molecular weight excluding hydrogens is 239 g/mol. The summed E-state index contributed by atoms with van der Waals surface area (Å²) in [6, 6.07) is -0.403. The van der Waals surface area contributed by atoms with Crippen molar-refractivity contribution in [1.82, 2.24) is 10.2 Å². The van der Waals surface area contributed by atoms with Crippen molar-refractivity contribution in [2.24, 2.45) is 0 Å². The van der Waals surface area contributed by atoms with Crippen LogP contribution in [0.1, 0.15) is 5.89 Å². The minimum absolute atomic E-state index is 0.350. The van der Waals surface area contributed by atoms with Crippen LogP contribution in [0.4, 0.5) is 19.2 Å². The number of rotatable bonds is 3. The third-order valence-corrected chi connectivity index (χ3v) is 1.43. The third-order valence-electron chi connectivity index (χ3n) is 1.19. The molecule has 1 N–H and O–H groups in total. The van der Waals surface area contributed by atoms with E-state index in [4.69, 9.17) is 11.6 Å². The van der Waals surface area contributed by atoms with Crippen molar-refractivity contribution in [3.05, 3.63) is 5.89 Å². The summed E-state index contributed by atoms with van der Waals surface area (Å²) in [7, 11) is 0. The van der Waals surface area contributed by atoms with E-state index in [1.807, 2.05) is 5.32 Å². The maximum atomic E-state index is 11.8. The number of halogens is 4. The van der Waals surface area contributed by atoms with Crippen molar-refractivity contribution in [2.45, 2.75) is 12.6 Å². The van der Waals surface area contributed by atoms with Crippen molar-refractivity contribution < 1.29 is 22.4 Å². The average Bonchev–Trinajstić information content (AvgIpc) is 2.49. The van der Waals surface area contributed by atoms with Crippen molar-refractivity contribution in [1.29, 1.82) is 0 Å². The first kappa shape index (κ1) is 11.8. The topological polar surface area (TPSA) is 68.0 Å². The Bertz CT molecular complexity index is 352. The molecule has 9 heteroatoms. The van der Waals surface area contributed by atoms with Crippen LogP contribution in [0.2, 0.25) is 0 Å². The van der Waals surface area contributed by atoms with Gasteiger partial charge in [-0.05, 0) is 0 Å². The van der Waals surface area contributed by atoms with Crippen LogP contribution in [0, 0.1) is 0 Å². The van der Waals surface area contributed by atoms with Gasteiger partial charge in [-0.25, -0.2) is 0 Å². The number of carbonyl (C=O) groups is 1. The van der Waals surface area contributed by atoms with E-state index in [0.29, 0.717) is 0 Å². The molecule has 1 aromatic rings. The third kappa shape index (κ3) is 4.15. The molecule has 15 heavy (non-hydrogen) atoms. The van der Waals surface area contributed by atoms with Gasteiger partial charge in [0.15, 0.2) is 0 Å². The Balaban J connectivity index is 2.60. The predicted octanol–water partition coefficient (Wildman–Crippen LogP) is 1.35. The van der Waals surface area contributed by atoms with Gasteiger partial charge in [0.05, 0.1) is 0 Å². The molecule has 1 heterocycles. The zero-order chi connectivity index (χ0) is 11.5. The smallest absolute Gasteiger partial charge is 0.397 e. The number of hydrogen-bond donors (Lipinski definition) is 1. The molecule has 0 atom stereocenters. The Morgan fingerprint density at radius 3 is 2.67 bits per heavy atom. The fourth-order valence-corrected chi connectivity index (χ4v) is 0.767. The number of carbonyl (C=O) groups excluding carboxylic acids is 1. The summed E-state index contributed by atoms with van der Waals surface area (Å²) in [5.74, 6) is -1.61. The van der Waals surface area contributed by atoms with Crippen molar-refractivity contribution in [2.75, 3.05) is 11.2 Å². The summed E-state index contributed by atoms with van der Waals surface area (Å²) in [5, 5.41) is 8.29. The van der Waals surface area contributed by atoms with Crippen LogP contribution in [-0.4, -0.2) is 28.2 Å². The number of nitrogens with zero attached hydrogens (tertiary/aromatic N) is 2. The maximum absolute atomic E-state index is 11.8. The lowest BCUT2D eigenvalue weighted by molar-refractivity contribution is -0.130. The lowest BCUT2D eigenvalue weighted by atomic mass is 10.4. The van der Waals surface area contributed by atoms with E-state index in [-0.39, 0.29) is 5.88 Å². The number of hydrogen-bond acceptors (Lipinski definition) is 4. The van der Waals surface area contributed by atoms with E-state index in [2.05, 4.69) is 14.6 Å². The van der Waals surface area contributed by atoms with Crippen molar-refractivity contribution in [3.8, 4) is 0 Å². The highest BCUT2D eigenvalue weighted by molar-refractivity contribution is 6.28. The Morgan fingerprint density at radius 1 is 1.47 bits per heavy atom. The zero-order valence-corrected chi connectivity index (χ0v) is 7.89. The number of aromatic nitrogens is 2. The molecule has 0 aliphatic rings. The quantitative estimate of drug-likeness (QED) is 0.814. The average molecular weight is 244 g/mol. The molecule has 5 nitrogen and oxygen atoms in total. The molecular formula is C6H5ClF3N3O2. The summed E-state index contributed by atoms with van der Waals surface area (Å²) in [4.78, 5) is 10.7. The summed E-state index contributed by atoms with van der Waals surface area (Å²) < 4.78 is 40.0. The van der Waals surface area contributed by atoms with Crippen LogP contribution in [0.5, 0.6) is 0 Å². The summed E-state index contributed by atoms with van der Waals surface area (Å²) in [6.45, 7) is 0. The minimum atomic E-state index is -4.43. The maximum Gasteiger partial charge on any atom is 0.397 e. The molecule has 1 amide bonds. The fraction of sp³-hybridized carbons (Fsp3) is 0.500. The van der Waals surface area contributed by atoms with Gasteiger partial charge in [-0.2, -0.15) is 13.2 Å². The van der Waals surface area contributed by atoms with E-state index >= 15 is 0 Å². The zero-order valence-electron chi connectivity index (χ0n) is 7.14. The molecule has 1 rings (SSSR count). The Morgan fingerprint density at radius 2 is 2.13 bits per heavy atom. The minimum Gasteiger partial charge on any atom is -0.407 e. The van der Waals surface area contributed by atoms with E-state index in [1.54, 1.807) is 0 Å². The van der Waals surface area contributed by atoms with E-state index in [1.165, 1.54) is 0 Å². The van der Waals surface area contributed by atoms with Gasteiger partial charge in [-0.1, -0.05) is 5.10 Å². The van der Waals surface area contributed by atoms with Gasteiger partial charge >= 0.3 is 12.2 Å². The second-order valence-electron chi connectivity index (χ2n) is 2.47. The number of amides is 1. The number of nitrogens with one attached hydrogen (secondary N) is 1. The molecule has 0 fully saturated rings. The van der Waals surface area contributed by atoms with Gasteiger partial charge in [-0.15, -0.1) is 16.7 Å². The lowest BCUT2D eigenvalue weighted by Gasteiger charge is -2.00. The highest BCUT2D eigenvalue weighted by atomic mass is 35.5. The van der Waals surface area contributed by atoms with Gasteiger partial charge in [0.1, 0.15) is 12.3 Å². The van der Waals surface area contributed by atoms with Crippen molar-refractivity contribution in [3.63, 3.8) is 0 Å². The molecule has 0 saturated heterocycles. The molecule has 84 valence electrons.